The van der Waals surface area contributed by atoms with Crippen molar-refractivity contribution in [2.24, 2.45) is 5.92 Å². The van der Waals surface area contributed by atoms with Crippen LogP contribution >= 0.6 is 11.6 Å². The Bertz CT molecular complexity index is 599. The maximum absolute atomic E-state index is 12.6. The third-order valence-electron chi connectivity index (χ3n) is 4.59. The first-order valence-electron chi connectivity index (χ1n) is 8.98. The average Bonchev–Trinajstić information content (AvgIpc) is 2.65. The van der Waals surface area contributed by atoms with Crippen LogP contribution in [-0.2, 0) is 4.79 Å². The van der Waals surface area contributed by atoms with Crippen LogP contribution in [0, 0.1) is 5.92 Å². The molecule has 0 atom stereocenters. The van der Waals surface area contributed by atoms with Gasteiger partial charge in [0.05, 0.1) is 6.61 Å². The zero-order valence-corrected chi connectivity index (χ0v) is 16.5. The highest BCUT2D eigenvalue weighted by Gasteiger charge is 2.29. The molecule has 1 aromatic carbocycles. The van der Waals surface area contributed by atoms with E-state index in [1.807, 2.05) is 24.1 Å². The van der Waals surface area contributed by atoms with E-state index in [1.54, 1.807) is 36.0 Å². The van der Waals surface area contributed by atoms with Gasteiger partial charge in [-0.25, -0.2) is 4.79 Å². The van der Waals surface area contributed by atoms with Gasteiger partial charge in [0.2, 0.25) is 5.91 Å². The van der Waals surface area contributed by atoms with E-state index >= 15 is 0 Å². The molecule has 0 saturated carbocycles. The summed E-state index contributed by atoms with van der Waals surface area (Å²) in [6.45, 7) is 2.49. The number of amides is 3. The van der Waals surface area contributed by atoms with Gasteiger partial charge in [-0.2, -0.15) is 0 Å². The quantitative estimate of drug-likeness (QED) is 0.712. The lowest BCUT2D eigenvalue weighted by atomic mass is 9.95. The molecule has 144 valence electrons. The summed E-state index contributed by atoms with van der Waals surface area (Å²) in [6, 6.07) is 7.27. The van der Waals surface area contributed by atoms with E-state index in [-0.39, 0.29) is 17.9 Å². The number of halogens is 1. The molecule has 0 bridgehead atoms. The van der Waals surface area contributed by atoms with Crippen molar-refractivity contribution in [1.29, 1.82) is 0 Å². The predicted octanol–water partition coefficient (Wildman–Crippen LogP) is 2.96. The summed E-state index contributed by atoms with van der Waals surface area (Å²) in [5.74, 6) is 0.943. The van der Waals surface area contributed by atoms with Crippen molar-refractivity contribution < 1.29 is 14.3 Å². The number of carbonyl (C=O) groups is 2. The zero-order valence-electron chi connectivity index (χ0n) is 15.8. The van der Waals surface area contributed by atoms with Crippen LogP contribution in [0.2, 0.25) is 5.02 Å². The molecule has 1 heterocycles. The second-order valence-electron chi connectivity index (χ2n) is 6.85. The largest absolute Gasteiger partial charge is 0.494 e. The van der Waals surface area contributed by atoms with E-state index in [0.717, 1.165) is 25.0 Å². The fourth-order valence-corrected chi connectivity index (χ4v) is 3.17. The van der Waals surface area contributed by atoms with Crippen LogP contribution in [0.15, 0.2) is 24.3 Å². The van der Waals surface area contributed by atoms with Crippen molar-refractivity contribution in [3.63, 3.8) is 0 Å². The summed E-state index contributed by atoms with van der Waals surface area (Å²) < 4.78 is 5.65. The lowest BCUT2D eigenvalue weighted by Gasteiger charge is -2.34. The first-order valence-corrected chi connectivity index (χ1v) is 9.36. The molecule has 1 aliphatic heterocycles. The van der Waals surface area contributed by atoms with Gasteiger partial charge in [-0.3, -0.25) is 4.79 Å². The molecule has 7 heteroatoms. The molecule has 1 aromatic rings. The Morgan fingerprint density at radius 3 is 2.35 bits per heavy atom. The van der Waals surface area contributed by atoms with Crippen molar-refractivity contribution >= 4 is 23.5 Å². The fourth-order valence-electron chi connectivity index (χ4n) is 3.04. The lowest BCUT2D eigenvalue weighted by Crippen LogP contribution is -2.46. The van der Waals surface area contributed by atoms with E-state index in [9.17, 15) is 9.59 Å². The summed E-state index contributed by atoms with van der Waals surface area (Å²) in [6.07, 6.45) is 2.22. The van der Waals surface area contributed by atoms with Gasteiger partial charge >= 0.3 is 6.03 Å². The monoisotopic (exact) mass is 381 g/mol. The molecule has 0 spiro atoms. The van der Waals surface area contributed by atoms with Gasteiger partial charge < -0.3 is 19.4 Å². The fraction of sp³-hybridized carbons (Fsp3) is 0.579. The van der Waals surface area contributed by atoms with Crippen LogP contribution < -0.4 is 4.74 Å². The van der Waals surface area contributed by atoms with Gasteiger partial charge in [0.1, 0.15) is 5.75 Å². The molecular formula is C19H28ClN3O3. The van der Waals surface area contributed by atoms with Crippen molar-refractivity contribution in [1.82, 2.24) is 14.7 Å². The second-order valence-corrected chi connectivity index (χ2v) is 7.29. The Morgan fingerprint density at radius 2 is 1.77 bits per heavy atom. The van der Waals surface area contributed by atoms with Gasteiger partial charge in [-0.1, -0.05) is 11.6 Å². The highest BCUT2D eigenvalue weighted by atomic mass is 35.5. The van der Waals surface area contributed by atoms with E-state index in [0.29, 0.717) is 31.3 Å². The number of nitrogens with zero attached hydrogens (tertiary/aromatic N) is 3. The van der Waals surface area contributed by atoms with Gasteiger partial charge in [0, 0.05) is 51.7 Å². The van der Waals surface area contributed by atoms with Gasteiger partial charge in [0.25, 0.3) is 0 Å². The summed E-state index contributed by atoms with van der Waals surface area (Å²) in [4.78, 5) is 29.7. The Balaban J connectivity index is 1.67. The van der Waals surface area contributed by atoms with Crippen molar-refractivity contribution in [2.75, 3.05) is 47.4 Å². The minimum atomic E-state index is 0.00314. The van der Waals surface area contributed by atoms with Gasteiger partial charge in [-0.15, -0.1) is 0 Å². The third kappa shape index (κ3) is 5.80. The third-order valence-corrected chi connectivity index (χ3v) is 4.85. The van der Waals surface area contributed by atoms with Crippen LogP contribution in [0.25, 0.3) is 0 Å². The smallest absolute Gasteiger partial charge is 0.319 e. The molecular weight excluding hydrogens is 354 g/mol. The Hall–Kier alpha value is -1.95. The minimum Gasteiger partial charge on any atom is -0.494 e. The molecule has 2 rings (SSSR count). The summed E-state index contributed by atoms with van der Waals surface area (Å²) >= 11 is 5.84. The van der Waals surface area contributed by atoms with Crippen LogP contribution in [0.3, 0.4) is 0 Å². The van der Waals surface area contributed by atoms with E-state index in [2.05, 4.69) is 0 Å². The van der Waals surface area contributed by atoms with Crippen LogP contribution in [-0.4, -0.2) is 74.0 Å². The Morgan fingerprint density at radius 1 is 1.15 bits per heavy atom. The lowest BCUT2D eigenvalue weighted by molar-refractivity contribution is -0.135. The molecule has 0 aliphatic carbocycles. The molecule has 26 heavy (non-hydrogen) atoms. The highest BCUT2D eigenvalue weighted by molar-refractivity contribution is 6.30. The van der Waals surface area contributed by atoms with Crippen molar-refractivity contribution in [3.05, 3.63) is 29.3 Å². The molecule has 1 fully saturated rings. The second kappa shape index (κ2) is 9.67. The number of hydrogen-bond donors (Lipinski definition) is 0. The molecule has 1 saturated heterocycles. The molecule has 0 N–H and O–H groups in total. The van der Waals surface area contributed by atoms with E-state index in [4.69, 9.17) is 16.3 Å². The van der Waals surface area contributed by atoms with Gasteiger partial charge in [0.15, 0.2) is 0 Å². The number of ether oxygens (including phenoxy) is 1. The van der Waals surface area contributed by atoms with Crippen LogP contribution in [0.4, 0.5) is 4.79 Å². The summed E-state index contributed by atoms with van der Waals surface area (Å²) in [7, 11) is 5.33. The maximum atomic E-state index is 12.6. The number of likely N-dealkylation sites (tertiary alicyclic amines) is 1. The van der Waals surface area contributed by atoms with Crippen LogP contribution in [0.1, 0.15) is 19.3 Å². The molecule has 6 nitrogen and oxygen atoms in total. The number of piperidine rings is 1. The number of carbonyl (C=O) groups excluding carboxylic acids is 2. The SMILES string of the molecule is CN(C)C(=O)N1CCC(C(=O)N(C)CCCOc2ccc(Cl)cc2)CC1. The minimum absolute atomic E-state index is 0.00314. The van der Waals surface area contributed by atoms with E-state index in [1.165, 1.54) is 0 Å². The Labute approximate surface area is 160 Å². The topological polar surface area (TPSA) is 53.1 Å². The summed E-state index contributed by atoms with van der Waals surface area (Å²) in [5.41, 5.74) is 0. The summed E-state index contributed by atoms with van der Waals surface area (Å²) in [5, 5.41) is 0.681. The van der Waals surface area contributed by atoms with Gasteiger partial charge in [-0.05, 0) is 43.5 Å². The zero-order chi connectivity index (χ0) is 19.1. The predicted molar refractivity (Wildman–Crippen MR) is 103 cm³/mol. The van der Waals surface area contributed by atoms with Crippen LogP contribution in [0.5, 0.6) is 5.75 Å². The normalized spacial score (nSPS) is 14.8. The van der Waals surface area contributed by atoms with E-state index < -0.39 is 0 Å². The standard InChI is InChI=1S/C19H28ClN3O3/c1-21(2)19(25)23-12-9-15(10-13-23)18(24)22(3)11-4-14-26-17-7-5-16(20)6-8-17/h5-8,15H,4,9-14H2,1-3H3. The number of benzene rings is 1. The molecule has 0 aromatic heterocycles. The van der Waals surface area contributed by atoms with Crippen molar-refractivity contribution in [3.8, 4) is 5.75 Å². The molecule has 0 radical (unpaired) electrons. The maximum Gasteiger partial charge on any atom is 0.319 e. The molecule has 1 aliphatic rings. The number of urea groups is 1. The molecule has 3 amide bonds. The first kappa shape index (κ1) is 20.4. The van der Waals surface area contributed by atoms with Crippen molar-refractivity contribution in [2.45, 2.75) is 19.3 Å². The Kier molecular flexibility index (Phi) is 7.57. The number of rotatable bonds is 6. The molecule has 0 unspecified atom stereocenters. The average molecular weight is 382 g/mol. The number of hydrogen-bond acceptors (Lipinski definition) is 3. The highest BCUT2D eigenvalue weighted by Crippen LogP contribution is 2.20. The first-order chi connectivity index (χ1) is 12.4.